The molecule has 3 rings (SSSR count). The second kappa shape index (κ2) is 6.77. The Labute approximate surface area is 127 Å². The van der Waals surface area contributed by atoms with Crippen molar-refractivity contribution in [2.24, 2.45) is 5.92 Å². The molecule has 112 valence electrons. The van der Waals surface area contributed by atoms with Gasteiger partial charge in [0, 0.05) is 24.7 Å². The molecule has 1 saturated heterocycles. The molecule has 1 atom stereocenters. The van der Waals surface area contributed by atoms with Crippen LogP contribution in [0.1, 0.15) is 12.8 Å². The molecular formula is C13H18N6OS. The molecule has 0 aromatic carbocycles. The number of nitrogens with zero attached hydrogens (tertiary/aromatic N) is 5. The highest BCUT2D eigenvalue weighted by atomic mass is 32.1. The third-order valence-electron chi connectivity index (χ3n) is 3.56. The van der Waals surface area contributed by atoms with Crippen molar-refractivity contribution in [1.82, 2.24) is 24.6 Å². The number of amides is 1. The van der Waals surface area contributed by atoms with Gasteiger partial charge in [0.1, 0.15) is 12.7 Å². The molecule has 1 aliphatic rings. The number of anilines is 1. The fourth-order valence-corrected chi connectivity index (χ4v) is 3.23. The highest BCUT2D eigenvalue weighted by molar-refractivity contribution is 7.13. The zero-order valence-electron chi connectivity index (χ0n) is 11.7. The predicted molar refractivity (Wildman–Crippen MR) is 79.9 cm³/mol. The largest absolute Gasteiger partial charge is 0.301 e. The molecule has 0 radical (unpaired) electrons. The van der Waals surface area contributed by atoms with E-state index in [2.05, 4.69) is 25.3 Å². The van der Waals surface area contributed by atoms with Crippen LogP contribution in [-0.2, 0) is 11.3 Å². The summed E-state index contributed by atoms with van der Waals surface area (Å²) < 4.78 is 1.86. The third-order valence-corrected chi connectivity index (χ3v) is 4.25. The maximum absolute atomic E-state index is 12.0. The van der Waals surface area contributed by atoms with Crippen molar-refractivity contribution < 1.29 is 4.79 Å². The molecule has 0 unspecified atom stereocenters. The molecule has 2 aromatic heterocycles. The van der Waals surface area contributed by atoms with Gasteiger partial charge in [-0.15, -0.1) is 11.3 Å². The van der Waals surface area contributed by atoms with Crippen LogP contribution < -0.4 is 5.32 Å². The van der Waals surface area contributed by atoms with Gasteiger partial charge < -0.3 is 5.32 Å². The van der Waals surface area contributed by atoms with Crippen LogP contribution in [0, 0.1) is 5.92 Å². The van der Waals surface area contributed by atoms with Gasteiger partial charge in [0.25, 0.3) is 0 Å². The molecule has 1 fully saturated rings. The average Bonchev–Trinajstić information content (AvgIpc) is 3.12. The van der Waals surface area contributed by atoms with Gasteiger partial charge in [-0.05, 0) is 25.3 Å². The topological polar surface area (TPSA) is 75.9 Å². The smallest absolute Gasteiger partial charge is 0.240 e. The number of aromatic nitrogens is 4. The van der Waals surface area contributed by atoms with Crippen LogP contribution >= 0.6 is 11.3 Å². The minimum absolute atomic E-state index is 0.00589. The van der Waals surface area contributed by atoms with Crippen LogP contribution in [-0.4, -0.2) is 50.2 Å². The minimum atomic E-state index is 0.00589. The summed E-state index contributed by atoms with van der Waals surface area (Å²) in [7, 11) is 0. The molecular weight excluding hydrogens is 288 g/mol. The number of nitrogens with one attached hydrogen (secondary N) is 1. The summed E-state index contributed by atoms with van der Waals surface area (Å²) in [5.41, 5.74) is 0. The summed E-state index contributed by atoms with van der Waals surface area (Å²) in [6.07, 6.45) is 7.28. The lowest BCUT2D eigenvalue weighted by Crippen LogP contribution is -2.41. The fraction of sp³-hybridized carbons (Fsp3) is 0.538. The Bertz CT molecular complexity index is 555. The Balaban J connectivity index is 1.48. The standard InChI is InChI=1S/C13H18N6OS/c20-12(17-13-15-3-5-21-13)8-18-4-1-2-11(6-18)7-19-10-14-9-16-19/h3,5,9-11H,1-2,4,6-8H2,(H,15,17,20)/t11-/m1/s1. The molecule has 1 aliphatic heterocycles. The summed E-state index contributed by atoms with van der Waals surface area (Å²) in [6.45, 7) is 3.18. The zero-order valence-corrected chi connectivity index (χ0v) is 12.5. The highest BCUT2D eigenvalue weighted by Crippen LogP contribution is 2.18. The van der Waals surface area contributed by atoms with Crippen molar-refractivity contribution in [3.63, 3.8) is 0 Å². The van der Waals surface area contributed by atoms with Gasteiger partial charge >= 0.3 is 0 Å². The summed E-state index contributed by atoms with van der Waals surface area (Å²) in [5.74, 6) is 0.527. The maximum Gasteiger partial charge on any atom is 0.240 e. The molecule has 2 aromatic rings. The Hall–Kier alpha value is -1.80. The molecule has 8 heteroatoms. The first-order valence-electron chi connectivity index (χ1n) is 7.04. The Morgan fingerprint density at radius 3 is 3.24 bits per heavy atom. The Morgan fingerprint density at radius 2 is 2.48 bits per heavy atom. The molecule has 0 spiro atoms. The summed E-state index contributed by atoms with van der Waals surface area (Å²) in [4.78, 5) is 22.2. The van der Waals surface area contributed by atoms with E-state index in [1.165, 1.54) is 17.8 Å². The Morgan fingerprint density at radius 1 is 1.52 bits per heavy atom. The lowest BCUT2D eigenvalue weighted by Gasteiger charge is -2.31. The molecule has 7 nitrogen and oxygen atoms in total. The lowest BCUT2D eigenvalue weighted by molar-refractivity contribution is -0.117. The molecule has 0 saturated carbocycles. The second-order valence-electron chi connectivity index (χ2n) is 5.25. The molecule has 1 amide bonds. The molecule has 1 N–H and O–H groups in total. The van der Waals surface area contributed by atoms with E-state index in [1.54, 1.807) is 18.9 Å². The van der Waals surface area contributed by atoms with Crippen molar-refractivity contribution in [3.05, 3.63) is 24.2 Å². The number of hydrogen-bond acceptors (Lipinski definition) is 6. The van der Waals surface area contributed by atoms with Crippen molar-refractivity contribution in [2.75, 3.05) is 25.0 Å². The summed E-state index contributed by atoms with van der Waals surface area (Å²) in [6, 6.07) is 0. The first-order chi connectivity index (χ1) is 10.3. The number of carbonyl (C=O) groups excluding carboxylic acids is 1. The first-order valence-corrected chi connectivity index (χ1v) is 7.91. The molecule has 0 aliphatic carbocycles. The number of piperidine rings is 1. The SMILES string of the molecule is O=C(CN1CCC[C@@H](Cn2cncn2)C1)Nc1nccs1. The lowest BCUT2D eigenvalue weighted by atomic mass is 9.98. The van der Waals surface area contributed by atoms with E-state index in [9.17, 15) is 4.79 Å². The fourth-order valence-electron chi connectivity index (χ4n) is 2.68. The number of carbonyl (C=O) groups is 1. The van der Waals surface area contributed by atoms with E-state index in [4.69, 9.17) is 0 Å². The van der Waals surface area contributed by atoms with Gasteiger partial charge in [0.15, 0.2) is 5.13 Å². The quantitative estimate of drug-likeness (QED) is 0.895. The average molecular weight is 306 g/mol. The predicted octanol–water partition coefficient (Wildman–Crippen LogP) is 1.09. The second-order valence-corrected chi connectivity index (χ2v) is 6.14. The van der Waals surface area contributed by atoms with Gasteiger partial charge in [0.05, 0.1) is 6.54 Å². The molecule has 3 heterocycles. The third kappa shape index (κ3) is 4.08. The minimum Gasteiger partial charge on any atom is -0.301 e. The number of rotatable bonds is 5. The van der Waals surface area contributed by atoms with Crippen LogP contribution in [0.15, 0.2) is 24.2 Å². The summed E-state index contributed by atoms with van der Waals surface area (Å²) in [5, 5.41) is 9.49. The van der Waals surface area contributed by atoms with Crippen molar-refractivity contribution >= 4 is 22.4 Å². The van der Waals surface area contributed by atoms with E-state index < -0.39 is 0 Å². The van der Waals surface area contributed by atoms with E-state index in [-0.39, 0.29) is 5.91 Å². The molecule has 0 bridgehead atoms. The monoisotopic (exact) mass is 306 g/mol. The number of thiazole rings is 1. The van der Waals surface area contributed by atoms with Crippen LogP contribution in [0.5, 0.6) is 0 Å². The Kier molecular flexibility index (Phi) is 4.56. The van der Waals surface area contributed by atoms with E-state index in [1.807, 2.05) is 10.1 Å². The van der Waals surface area contributed by atoms with E-state index in [0.29, 0.717) is 17.6 Å². The molecule has 21 heavy (non-hydrogen) atoms. The van der Waals surface area contributed by atoms with Gasteiger partial charge in [-0.1, -0.05) is 0 Å². The van der Waals surface area contributed by atoms with Crippen LogP contribution in [0.2, 0.25) is 0 Å². The first kappa shape index (κ1) is 14.2. The van der Waals surface area contributed by atoms with Crippen LogP contribution in [0.3, 0.4) is 0 Å². The van der Waals surface area contributed by atoms with E-state index >= 15 is 0 Å². The number of likely N-dealkylation sites (tertiary alicyclic amines) is 1. The van der Waals surface area contributed by atoms with Gasteiger partial charge in [-0.3, -0.25) is 14.4 Å². The van der Waals surface area contributed by atoms with E-state index in [0.717, 1.165) is 26.1 Å². The normalized spacial score (nSPS) is 19.5. The van der Waals surface area contributed by atoms with Crippen molar-refractivity contribution in [1.29, 1.82) is 0 Å². The highest BCUT2D eigenvalue weighted by Gasteiger charge is 2.22. The van der Waals surface area contributed by atoms with Gasteiger partial charge in [0.2, 0.25) is 5.91 Å². The number of hydrogen-bond donors (Lipinski definition) is 1. The van der Waals surface area contributed by atoms with Gasteiger partial charge in [-0.25, -0.2) is 9.97 Å². The van der Waals surface area contributed by atoms with Gasteiger partial charge in [-0.2, -0.15) is 5.10 Å². The van der Waals surface area contributed by atoms with Crippen LogP contribution in [0.4, 0.5) is 5.13 Å². The summed E-state index contributed by atoms with van der Waals surface area (Å²) >= 11 is 1.44. The van der Waals surface area contributed by atoms with Crippen molar-refractivity contribution in [2.45, 2.75) is 19.4 Å². The van der Waals surface area contributed by atoms with Crippen LogP contribution in [0.25, 0.3) is 0 Å². The maximum atomic E-state index is 12.0. The zero-order chi connectivity index (χ0) is 14.5. The van der Waals surface area contributed by atoms with Crippen molar-refractivity contribution in [3.8, 4) is 0 Å².